The lowest BCUT2D eigenvalue weighted by molar-refractivity contribution is -0.141. The molecule has 0 radical (unpaired) electrons. The van der Waals surface area contributed by atoms with Gasteiger partial charge in [-0.1, -0.05) is 11.8 Å². The number of aliphatic carboxylic acids is 1. The van der Waals surface area contributed by atoms with E-state index in [2.05, 4.69) is 9.97 Å². The first kappa shape index (κ1) is 13.3. The van der Waals surface area contributed by atoms with Gasteiger partial charge in [0.15, 0.2) is 11.0 Å². The number of nitrogens with zero attached hydrogens (tertiary/aromatic N) is 4. The van der Waals surface area contributed by atoms with Crippen LogP contribution in [0.3, 0.4) is 0 Å². The molecule has 1 aliphatic heterocycles. The highest BCUT2D eigenvalue weighted by atomic mass is 32.2. The largest absolute Gasteiger partial charge is 0.481 e. The van der Waals surface area contributed by atoms with Gasteiger partial charge >= 0.3 is 5.97 Å². The molecule has 0 saturated carbocycles. The van der Waals surface area contributed by atoms with Crippen molar-refractivity contribution in [3.05, 3.63) is 11.8 Å². The number of nitriles is 1. The highest BCUT2D eigenvalue weighted by molar-refractivity contribution is 7.98. The normalized spacial score (nSPS) is 18.4. The Morgan fingerprint density at radius 2 is 2.42 bits per heavy atom. The zero-order chi connectivity index (χ0) is 14.0. The molecule has 1 amide bonds. The molecule has 0 aromatic carbocycles. The highest BCUT2D eigenvalue weighted by Crippen LogP contribution is 2.27. The molecule has 1 N–H and O–H groups in total. The Morgan fingerprint density at radius 1 is 1.68 bits per heavy atom. The second kappa shape index (κ2) is 5.24. The lowest BCUT2D eigenvalue weighted by Gasteiger charge is -2.16. The van der Waals surface area contributed by atoms with Crippen molar-refractivity contribution < 1.29 is 14.7 Å². The maximum atomic E-state index is 11.8. The molecule has 0 spiro atoms. The molecule has 98 valence electrons. The summed E-state index contributed by atoms with van der Waals surface area (Å²) in [4.78, 5) is 32.1. The molecule has 19 heavy (non-hydrogen) atoms. The number of carbonyl (C=O) groups is 2. The van der Waals surface area contributed by atoms with E-state index in [1.54, 1.807) is 6.26 Å². The minimum absolute atomic E-state index is 0.0354. The topological polar surface area (TPSA) is 107 Å². The predicted molar refractivity (Wildman–Crippen MR) is 66.6 cm³/mol. The third kappa shape index (κ3) is 2.51. The average molecular weight is 278 g/mol. The number of amides is 1. The number of aromatic nitrogens is 2. The van der Waals surface area contributed by atoms with Gasteiger partial charge in [-0.2, -0.15) is 5.26 Å². The van der Waals surface area contributed by atoms with Crippen LogP contribution in [0.2, 0.25) is 0 Å². The van der Waals surface area contributed by atoms with Crippen LogP contribution in [0.15, 0.2) is 11.4 Å². The number of rotatable bonds is 3. The fourth-order valence-electron chi connectivity index (χ4n) is 1.82. The SMILES string of the molecule is CSc1ncc(C#N)c(N2CC(C(=O)O)CC2=O)n1. The minimum Gasteiger partial charge on any atom is -0.481 e. The maximum absolute atomic E-state index is 11.8. The summed E-state index contributed by atoms with van der Waals surface area (Å²) in [5.74, 6) is -1.93. The fraction of sp³-hybridized carbons (Fsp3) is 0.364. The Bertz CT molecular complexity index is 584. The van der Waals surface area contributed by atoms with Crippen LogP contribution in [-0.2, 0) is 9.59 Å². The van der Waals surface area contributed by atoms with Gasteiger partial charge in [-0.15, -0.1) is 0 Å². The first-order valence-electron chi connectivity index (χ1n) is 5.41. The Hall–Kier alpha value is -2.14. The van der Waals surface area contributed by atoms with Crippen molar-refractivity contribution in [1.29, 1.82) is 5.26 Å². The van der Waals surface area contributed by atoms with Crippen LogP contribution < -0.4 is 4.90 Å². The zero-order valence-electron chi connectivity index (χ0n) is 10.0. The first-order valence-corrected chi connectivity index (χ1v) is 6.63. The number of carboxylic acid groups (broad SMARTS) is 1. The van der Waals surface area contributed by atoms with Crippen LogP contribution in [-0.4, -0.2) is 39.8 Å². The molecule has 2 rings (SSSR count). The number of hydrogen-bond acceptors (Lipinski definition) is 6. The summed E-state index contributed by atoms with van der Waals surface area (Å²) in [5.41, 5.74) is 0.164. The second-order valence-corrected chi connectivity index (χ2v) is 4.72. The van der Waals surface area contributed by atoms with Crippen molar-refractivity contribution in [3.8, 4) is 6.07 Å². The molecule has 1 aliphatic rings. The number of hydrogen-bond donors (Lipinski definition) is 1. The summed E-state index contributed by atoms with van der Waals surface area (Å²) in [5, 5.41) is 18.4. The summed E-state index contributed by atoms with van der Waals surface area (Å²) in [6.07, 6.45) is 3.05. The second-order valence-electron chi connectivity index (χ2n) is 3.95. The molecular formula is C11H10N4O3S. The van der Waals surface area contributed by atoms with E-state index in [0.29, 0.717) is 5.16 Å². The average Bonchev–Trinajstić information content (AvgIpc) is 2.80. The van der Waals surface area contributed by atoms with Crippen LogP contribution in [0.4, 0.5) is 5.82 Å². The van der Waals surface area contributed by atoms with Gasteiger partial charge in [0.1, 0.15) is 11.6 Å². The van der Waals surface area contributed by atoms with Gasteiger partial charge in [0, 0.05) is 13.0 Å². The molecule has 0 aliphatic carbocycles. The van der Waals surface area contributed by atoms with Crippen LogP contribution in [0.25, 0.3) is 0 Å². The van der Waals surface area contributed by atoms with E-state index in [4.69, 9.17) is 10.4 Å². The van der Waals surface area contributed by atoms with E-state index in [1.807, 2.05) is 6.07 Å². The molecule has 1 saturated heterocycles. The number of carboxylic acids is 1. The van der Waals surface area contributed by atoms with Gasteiger partial charge in [0.25, 0.3) is 0 Å². The highest BCUT2D eigenvalue weighted by Gasteiger charge is 2.36. The number of carbonyl (C=O) groups excluding carboxylic acids is 1. The van der Waals surface area contributed by atoms with Crippen LogP contribution in [0.5, 0.6) is 0 Å². The van der Waals surface area contributed by atoms with Gasteiger partial charge in [-0.3, -0.25) is 14.5 Å². The standard InChI is InChI=1S/C11H10N4O3S/c1-19-11-13-4-7(3-12)9(14-11)15-5-6(10(17)18)2-8(15)16/h4,6H,2,5H2,1H3,(H,17,18). The molecule has 1 atom stereocenters. The van der Waals surface area contributed by atoms with Gasteiger partial charge < -0.3 is 5.11 Å². The van der Waals surface area contributed by atoms with E-state index < -0.39 is 11.9 Å². The van der Waals surface area contributed by atoms with Crippen LogP contribution >= 0.6 is 11.8 Å². The van der Waals surface area contributed by atoms with Gasteiger partial charge in [0.05, 0.1) is 12.1 Å². The van der Waals surface area contributed by atoms with Crippen molar-refractivity contribution in [2.45, 2.75) is 11.6 Å². The Morgan fingerprint density at radius 3 is 2.95 bits per heavy atom. The third-order valence-corrected chi connectivity index (χ3v) is 3.34. The van der Waals surface area contributed by atoms with Crippen molar-refractivity contribution >= 4 is 29.5 Å². The van der Waals surface area contributed by atoms with Gasteiger partial charge in [0.2, 0.25) is 5.91 Å². The maximum Gasteiger partial charge on any atom is 0.308 e. The molecule has 1 unspecified atom stereocenters. The third-order valence-electron chi connectivity index (χ3n) is 2.78. The summed E-state index contributed by atoms with van der Waals surface area (Å²) in [6.45, 7) is 0.0354. The lowest BCUT2D eigenvalue weighted by atomic mass is 10.1. The zero-order valence-corrected chi connectivity index (χ0v) is 10.8. The first-order chi connectivity index (χ1) is 9.06. The summed E-state index contributed by atoms with van der Waals surface area (Å²) >= 11 is 1.28. The van der Waals surface area contributed by atoms with E-state index in [9.17, 15) is 9.59 Å². The van der Waals surface area contributed by atoms with Gasteiger partial charge in [-0.05, 0) is 6.26 Å². The van der Waals surface area contributed by atoms with Crippen LogP contribution in [0, 0.1) is 17.2 Å². The Kier molecular flexibility index (Phi) is 3.66. The van der Waals surface area contributed by atoms with E-state index in [-0.39, 0.29) is 30.3 Å². The molecule has 1 aromatic rings. The van der Waals surface area contributed by atoms with Gasteiger partial charge in [-0.25, -0.2) is 9.97 Å². The minimum atomic E-state index is -1.02. The van der Waals surface area contributed by atoms with Crippen molar-refractivity contribution in [3.63, 3.8) is 0 Å². The van der Waals surface area contributed by atoms with Crippen molar-refractivity contribution in [1.82, 2.24) is 9.97 Å². The molecule has 1 aromatic heterocycles. The van der Waals surface area contributed by atoms with Crippen LogP contribution in [0.1, 0.15) is 12.0 Å². The monoisotopic (exact) mass is 278 g/mol. The lowest BCUT2D eigenvalue weighted by Crippen LogP contribution is -2.27. The Labute approximate surface area is 113 Å². The molecule has 2 heterocycles. The summed E-state index contributed by atoms with van der Waals surface area (Å²) in [7, 11) is 0. The van der Waals surface area contributed by atoms with Crippen molar-refractivity contribution in [2.24, 2.45) is 5.92 Å². The molecule has 1 fully saturated rings. The smallest absolute Gasteiger partial charge is 0.308 e. The molecule has 7 nitrogen and oxygen atoms in total. The molecular weight excluding hydrogens is 268 g/mol. The van der Waals surface area contributed by atoms with E-state index in [0.717, 1.165) is 0 Å². The summed E-state index contributed by atoms with van der Waals surface area (Å²) in [6, 6.07) is 1.91. The van der Waals surface area contributed by atoms with Crippen molar-refractivity contribution in [2.75, 3.05) is 17.7 Å². The molecule has 8 heteroatoms. The number of thioether (sulfide) groups is 1. The summed E-state index contributed by atoms with van der Waals surface area (Å²) < 4.78 is 0. The number of anilines is 1. The van der Waals surface area contributed by atoms with E-state index in [1.165, 1.54) is 22.9 Å². The predicted octanol–water partition coefficient (Wildman–Crippen LogP) is 0.508. The fourth-order valence-corrected chi connectivity index (χ4v) is 2.15. The Balaban J connectivity index is 2.39. The molecule has 0 bridgehead atoms. The van der Waals surface area contributed by atoms with E-state index >= 15 is 0 Å². The quantitative estimate of drug-likeness (QED) is 0.634.